The van der Waals surface area contributed by atoms with Crippen molar-refractivity contribution in [1.29, 1.82) is 0 Å². The lowest BCUT2D eigenvalue weighted by atomic mass is 10.1. The van der Waals surface area contributed by atoms with Gasteiger partial charge in [0.2, 0.25) is 5.91 Å². The van der Waals surface area contributed by atoms with Gasteiger partial charge in [0.25, 0.3) is 0 Å². The molecule has 0 radical (unpaired) electrons. The Hall–Kier alpha value is -2.49. The Morgan fingerprint density at radius 3 is 2.36 bits per heavy atom. The van der Waals surface area contributed by atoms with Gasteiger partial charge < -0.3 is 15.8 Å². The SMILES string of the molecule is Cc1cccc(C)c1OCCNC(=O)Cc1ccc(N)cc1. The van der Waals surface area contributed by atoms with Gasteiger partial charge in [-0.3, -0.25) is 4.79 Å². The number of ether oxygens (including phenoxy) is 1. The summed E-state index contributed by atoms with van der Waals surface area (Å²) in [6.45, 7) is 4.98. The predicted molar refractivity (Wildman–Crippen MR) is 89.0 cm³/mol. The molecule has 2 aromatic carbocycles. The van der Waals surface area contributed by atoms with Gasteiger partial charge in [0.1, 0.15) is 12.4 Å². The third-order valence-electron chi connectivity index (χ3n) is 3.42. The molecule has 0 unspecified atom stereocenters. The van der Waals surface area contributed by atoms with E-state index < -0.39 is 0 Å². The Labute approximate surface area is 131 Å². The molecule has 22 heavy (non-hydrogen) atoms. The zero-order valence-electron chi connectivity index (χ0n) is 13.1. The maximum atomic E-state index is 11.8. The van der Waals surface area contributed by atoms with Crippen LogP contribution in [0.25, 0.3) is 0 Å². The number of nitrogens with one attached hydrogen (secondary N) is 1. The van der Waals surface area contributed by atoms with Gasteiger partial charge in [-0.1, -0.05) is 30.3 Å². The lowest BCUT2D eigenvalue weighted by Gasteiger charge is -2.12. The van der Waals surface area contributed by atoms with Crippen LogP contribution in [0.2, 0.25) is 0 Å². The Balaban J connectivity index is 1.74. The first-order valence-corrected chi connectivity index (χ1v) is 7.36. The van der Waals surface area contributed by atoms with Crippen molar-refractivity contribution in [2.45, 2.75) is 20.3 Å². The smallest absolute Gasteiger partial charge is 0.224 e. The van der Waals surface area contributed by atoms with Crippen LogP contribution in [0.1, 0.15) is 16.7 Å². The van der Waals surface area contributed by atoms with Crippen LogP contribution in [0.3, 0.4) is 0 Å². The van der Waals surface area contributed by atoms with Crippen LogP contribution in [0, 0.1) is 13.8 Å². The van der Waals surface area contributed by atoms with Crippen LogP contribution in [0.15, 0.2) is 42.5 Å². The summed E-state index contributed by atoms with van der Waals surface area (Å²) in [5.41, 5.74) is 9.47. The van der Waals surface area contributed by atoms with E-state index in [0.717, 1.165) is 22.4 Å². The Morgan fingerprint density at radius 2 is 1.73 bits per heavy atom. The van der Waals surface area contributed by atoms with E-state index in [9.17, 15) is 4.79 Å². The fourth-order valence-corrected chi connectivity index (χ4v) is 2.25. The number of aryl methyl sites for hydroxylation is 2. The van der Waals surface area contributed by atoms with Gasteiger partial charge in [-0.2, -0.15) is 0 Å². The second kappa shape index (κ2) is 7.50. The van der Waals surface area contributed by atoms with Crippen molar-refractivity contribution >= 4 is 11.6 Å². The number of nitrogen functional groups attached to an aromatic ring is 1. The summed E-state index contributed by atoms with van der Waals surface area (Å²) in [6, 6.07) is 13.4. The molecular weight excluding hydrogens is 276 g/mol. The van der Waals surface area contributed by atoms with E-state index >= 15 is 0 Å². The molecule has 0 aromatic heterocycles. The van der Waals surface area contributed by atoms with Gasteiger partial charge in [0.05, 0.1) is 13.0 Å². The lowest BCUT2D eigenvalue weighted by molar-refractivity contribution is -0.120. The molecule has 0 saturated carbocycles. The molecule has 4 nitrogen and oxygen atoms in total. The summed E-state index contributed by atoms with van der Waals surface area (Å²) >= 11 is 0. The van der Waals surface area contributed by atoms with Crippen LogP contribution in [0.4, 0.5) is 5.69 Å². The van der Waals surface area contributed by atoms with Gasteiger partial charge in [-0.05, 0) is 42.7 Å². The number of carbonyl (C=O) groups excluding carboxylic acids is 1. The molecule has 0 heterocycles. The van der Waals surface area contributed by atoms with Crippen molar-refractivity contribution in [3.8, 4) is 5.75 Å². The Bertz CT molecular complexity index is 616. The number of para-hydroxylation sites is 1. The van der Waals surface area contributed by atoms with Gasteiger partial charge in [-0.15, -0.1) is 0 Å². The summed E-state index contributed by atoms with van der Waals surface area (Å²) < 4.78 is 5.75. The number of hydrogen-bond acceptors (Lipinski definition) is 3. The van der Waals surface area contributed by atoms with E-state index in [4.69, 9.17) is 10.5 Å². The summed E-state index contributed by atoms with van der Waals surface area (Å²) in [5.74, 6) is 0.880. The number of benzene rings is 2. The number of amides is 1. The molecule has 0 aliphatic rings. The van der Waals surface area contributed by atoms with Crippen LogP contribution < -0.4 is 15.8 Å². The van der Waals surface area contributed by atoms with E-state index in [2.05, 4.69) is 5.32 Å². The first-order chi connectivity index (χ1) is 10.6. The third kappa shape index (κ3) is 4.52. The number of rotatable bonds is 6. The molecule has 2 rings (SSSR count). The summed E-state index contributed by atoms with van der Waals surface area (Å²) in [6.07, 6.45) is 0.351. The average Bonchev–Trinajstić information content (AvgIpc) is 2.48. The van der Waals surface area contributed by atoms with E-state index in [1.807, 2.05) is 44.2 Å². The van der Waals surface area contributed by atoms with Gasteiger partial charge >= 0.3 is 0 Å². The van der Waals surface area contributed by atoms with Crippen molar-refractivity contribution < 1.29 is 9.53 Å². The molecule has 0 bridgehead atoms. The quantitative estimate of drug-likeness (QED) is 0.636. The molecule has 3 N–H and O–H groups in total. The molecule has 0 saturated heterocycles. The van der Waals surface area contributed by atoms with Crippen molar-refractivity contribution in [2.24, 2.45) is 0 Å². The first kappa shape index (κ1) is 15.9. The van der Waals surface area contributed by atoms with Crippen LogP contribution in [-0.2, 0) is 11.2 Å². The van der Waals surface area contributed by atoms with E-state index in [-0.39, 0.29) is 5.91 Å². The highest BCUT2D eigenvalue weighted by atomic mass is 16.5. The molecule has 0 atom stereocenters. The second-order valence-corrected chi connectivity index (χ2v) is 5.34. The number of anilines is 1. The largest absolute Gasteiger partial charge is 0.491 e. The van der Waals surface area contributed by atoms with Crippen LogP contribution in [-0.4, -0.2) is 19.1 Å². The minimum absolute atomic E-state index is 0.0186. The molecule has 4 heteroatoms. The molecular formula is C18H22N2O2. The van der Waals surface area contributed by atoms with Crippen LogP contribution in [0.5, 0.6) is 5.75 Å². The summed E-state index contributed by atoms with van der Waals surface area (Å²) in [7, 11) is 0. The van der Waals surface area contributed by atoms with E-state index in [0.29, 0.717) is 25.3 Å². The van der Waals surface area contributed by atoms with Crippen molar-refractivity contribution in [3.05, 3.63) is 59.2 Å². The van der Waals surface area contributed by atoms with Gasteiger partial charge in [0, 0.05) is 5.69 Å². The highest BCUT2D eigenvalue weighted by Crippen LogP contribution is 2.21. The maximum Gasteiger partial charge on any atom is 0.224 e. The van der Waals surface area contributed by atoms with Gasteiger partial charge in [0.15, 0.2) is 0 Å². The molecule has 0 aliphatic heterocycles. The minimum Gasteiger partial charge on any atom is -0.491 e. The first-order valence-electron chi connectivity index (χ1n) is 7.36. The van der Waals surface area contributed by atoms with Crippen molar-refractivity contribution in [2.75, 3.05) is 18.9 Å². The fourth-order valence-electron chi connectivity index (χ4n) is 2.25. The van der Waals surface area contributed by atoms with E-state index in [1.165, 1.54) is 0 Å². The minimum atomic E-state index is -0.0186. The summed E-state index contributed by atoms with van der Waals surface area (Å²) in [4.78, 5) is 11.8. The molecule has 0 spiro atoms. The number of nitrogens with two attached hydrogens (primary N) is 1. The van der Waals surface area contributed by atoms with Crippen molar-refractivity contribution in [3.63, 3.8) is 0 Å². The molecule has 2 aromatic rings. The second-order valence-electron chi connectivity index (χ2n) is 5.34. The monoisotopic (exact) mass is 298 g/mol. The zero-order valence-corrected chi connectivity index (χ0v) is 13.1. The Kier molecular flexibility index (Phi) is 5.42. The number of carbonyl (C=O) groups is 1. The Morgan fingerprint density at radius 1 is 1.09 bits per heavy atom. The average molecular weight is 298 g/mol. The lowest BCUT2D eigenvalue weighted by Crippen LogP contribution is -2.29. The molecule has 1 amide bonds. The topological polar surface area (TPSA) is 64.3 Å². The zero-order chi connectivity index (χ0) is 15.9. The number of hydrogen-bond donors (Lipinski definition) is 2. The van der Waals surface area contributed by atoms with Gasteiger partial charge in [-0.25, -0.2) is 0 Å². The highest BCUT2D eigenvalue weighted by Gasteiger charge is 2.05. The fraction of sp³-hybridized carbons (Fsp3) is 0.278. The maximum absolute atomic E-state index is 11.8. The predicted octanol–water partition coefficient (Wildman–Crippen LogP) is 2.62. The standard InChI is InChI=1S/C18H22N2O2/c1-13-4-3-5-14(2)18(13)22-11-10-20-17(21)12-15-6-8-16(19)9-7-15/h3-9H,10-12,19H2,1-2H3,(H,20,21). The molecule has 0 aliphatic carbocycles. The normalized spacial score (nSPS) is 10.3. The molecule has 116 valence electrons. The van der Waals surface area contributed by atoms with E-state index in [1.54, 1.807) is 12.1 Å². The highest BCUT2D eigenvalue weighted by molar-refractivity contribution is 5.78. The third-order valence-corrected chi connectivity index (χ3v) is 3.42. The molecule has 0 fully saturated rings. The summed E-state index contributed by atoms with van der Waals surface area (Å²) in [5, 5.41) is 2.86. The van der Waals surface area contributed by atoms with Crippen LogP contribution >= 0.6 is 0 Å². The van der Waals surface area contributed by atoms with Crippen molar-refractivity contribution in [1.82, 2.24) is 5.32 Å².